The standard InChI is InChI=1S/C21H17BrN2O3/c22-16-9-10-18(21(27)23-13-14-5-4-8-17(25)11-14)19(12-16)24-20(26)15-6-2-1-3-7-15/h1-12,25H,13H2,(H,23,27)(H,24,26). The Hall–Kier alpha value is -3.12. The van der Waals surface area contributed by atoms with Gasteiger partial charge < -0.3 is 15.7 Å². The van der Waals surface area contributed by atoms with Crippen molar-refractivity contribution in [2.45, 2.75) is 6.54 Å². The summed E-state index contributed by atoms with van der Waals surface area (Å²) < 4.78 is 0.746. The van der Waals surface area contributed by atoms with E-state index in [-0.39, 0.29) is 24.1 Å². The van der Waals surface area contributed by atoms with Gasteiger partial charge in [0.2, 0.25) is 0 Å². The van der Waals surface area contributed by atoms with Crippen molar-refractivity contribution in [2.75, 3.05) is 5.32 Å². The summed E-state index contributed by atoms with van der Waals surface area (Å²) in [7, 11) is 0. The normalized spacial score (nSPS) is 10.3. The summed E-state index contributed by atoms with van der Waals surface area (Å²) in [5.74, 6) is -0.480. The predicted octanol–water partition coefficient (Wildman–Crippen LogP) is 4.34. The monoisotopic (exact) mass is 424 g/mol. The van der Waals surface area contributed by atoms with Crippen LogP contribution in [0, 0.1) is 0 Å². The molecule has 0 aliphatic carbocycles. The highest BCUT2D eigenvalue weighted by Crippen LogP contribution is 2.22. The molecule has 0 saturated heterocycles. The van der Waals surface area contributed by atoms with Gasteiger partial charge in [0.1, 0.15) is 5.75 Å². The van der Waals surface area contributed by atoms with Crippen LogP contribution >= 0.6 is 15.9 Å². The highest BCUT2D eigenvalue weighted by molar-refractivity contribution is 9.10. The molecule has 3 N–H and O–H groups in total. The summed E-state index contributed by atoms with van der Waals surface area (Å²) in [6, 6.07) is 20.5. The van der Waals surface area contributed by atoms with Crippen molar-refractivity contribution in [3.63, 3.8) is 0 Å². The zero-order valence-electron chi connectivity index (χ0n) is 14.3. The van der Waals surface area contributed by atoms with Gasteiger partial charge in [0, 0.05) is 16.6 Å². The van der Waals surface area contributed by atoms with Crippen molar-refractivity contribution in [3.05, 3.63) is 94.0 Å². The molecule has 0 aliphatic rings. The minimum atomic E-state index is -0.325. The van der Waals surface area contributed by atoms with Gasteiger partial charge in [-0.1, -0.05) is 46.3 Å². The molecule has 3 rings (SSSR count). The molecule has 0 radical (unpaired) electrons. The number of anilines is 1. The van der Waals surface area contributed by atoms with Crippen LogP contribution in [-0.2, 0) is 6.54 Å². The van der Waals surface area contributed by atoms with Crippen LogP contribution in [0.25, 0.3) is 0 Å². The molecule has 0 saturated carbocycles. The SMILES string of the molecule is O=C(Nc1cc(Br)ccc1C(=O)NCc1cccc(O)c1)c1ccccc1. The molecule has 0 heterocycles. The maximum Gasteiger partial charge on any atom is 0.255 e. The summed E-state index contributed by atoms with van der Waals surface area (Å²) in [6.45, 7) is 0.259. The van der Waals surface area contributed by atoms with E-state index in [0.717, 1.165) is 10.0 Å². The van der Waals surface area contributed by atoms with Crippen LogP contribution in [0.15, 0.2) is 77.3 Å². The largest absolute Gasteiger partial charge is 0.508 e. The first-order valence-electron chi connectivity index (χ1n) is 8.25. The van der Waals surface area contributed by atoms with E-state index in [1.54, 1.807) is 66.7 Å². The quantitative estimate of drug-likeness (QED) is 0.569. The molecule has 0 unspecified atom stereocenters. The molecule has 27 heavy (non-hydrogen) atoms. The molecule has 0 spiro atoms. The summed E-state index contributed by atoms with van der Waals surface area (Å²) >= 11 is 3.36. The van der Waals surface area contributed by atoms with Crippen LogP contribution in [0.5, 0.6) is 5.75 Å². The molecule has 3 aromatic carbocycles. The number of amides is 2. The highest BCUT2D eigenvalue weighted by atomic mass is 79.9. The Labute approximate surface area is 165 Å². The van der Waals surface area contributed by atoms with E-state index < -0.39 is 0 Å². The van der Waals surface area contributed by atoms with Crippen molar-refractivity contribution in [1.29, 1.82) is 0 Å². The Bertz CT molecular complexity index is 974. The molecule has 136 valence electrons. The van der Waals surface area contributed by atoms with Crippen molar-refractivity contribution in [1.82, 2.24) is 5.32 Å². The Morgan fingerprint density at radius 1 is 0.889 bits per heavy atom. The first-order chi connectivity index (χ1) is 13.0. The number of phenolic OH excluding ortho intramolecular Hbond substituents is 1. The zero-order valence-corrected chi connectivity index (χ0v) is 15.9. The molecule has 2 amide bonds. The molecule has 0 aliphatic heterocycles. The molecule has 5 nitrogen and oxygen atoms in total. The maximum atomic E-state index is 12.6. The van der Waals surface area contributed by atoms with E-state index in [2.05, 4.69) is 26.6 Å². The van der Waals surface area contributed by atoms with Gasteiger partial charge in [-0.2, -0.15) is 0 Å². The fourth-order valence-corrected chi connectivity index (χ4v) is 2.91. The Morgan fingerprint density at radius 3 is 2.41 bits per heavy atom. The lowest BCUT2D eigenvalue weighted by Gasteiger charge is -2.12. The van der Waals surface area contributed by atoms with Gasteiger partial charge in [-0.15, -0.1) is 0 Å². The van der Waals surface area contributed by atoms with Gasteiger partial charge in [-0.25, -0.2) is 0 Å². The van der Waals surface area contributed by atoms with Gasteiger partial charge >= 0.3 is 0 Å². The van der Waals surface area contributed by atoms with Gasteiger partial charge in [0.15, 0.2) is 0 Å². The van der Waals surface area contributed by atoms with Crippen LogP contribution in [0.1, 0.15) is 26.3 Å². The maximum absolute atomic E-state index is 12.6. The third-order valence-corrected chi connectivity index (χ3v) is 4.37. The number of phenols is 1. The van der Waals surface area contributed by atoms with E-state index >= 15 is 0 Å². The van der Waals surface area contributed by atoms with Crippen LogP contribution in [0.4, 0.5) is 5.69 Å². The lowest BCUT2D eigenvalue weighted by Crippen LogP contribution is -2.25. The van der Waals surface area contributed by atoms with E-state index in [1.165, 1.54) is 0 Å². The number of rotatable bonds is 5. The highest BCUT2D eigenvalue weighted by Gasteiger charge is 2.15. The third kappa shape index (κ3) is 4.95. The Kier molecular flexibility index (Phi) is 5.88. The number of aromatic hydroxyl groups is 1. The summed E-state index contributed by atoms with van der Waals surface area (Å²) in [4.78, 5) is 25.0. The average Bonchev–Trinajstić information content (AvgIpc) is 2.67. The third-order valence-electron chi connectivity index (χ3n) is 3.87. The minimum absolute atomic E-state index is 0.140. The number of nitrogens with one attached hydrogen (secondary N) is 2. The first-order valence-corrected chi connectivity index (χ1v) is 9.04. The Morgan fingerprint density at radius 2 is 1.67 bits per heavy atom. The van der Waals surface area contributed by atoms with E-state index in [0.29, 0.717) is 16.8 Å². The topological polar surface area (TPSA) is 78.4 Å². The number of carbonyl (C=O) groups is 2. The first kappa shape index (κ1) is 18.7. The Balaban J connectivity index is 1.77. The minimum Gasteiger partial charge on any atom is -0.508 e. The predicted molar refractivity (Wildman–Crippen MR) is 108 cm³/mol. The van der Waals surface area contributed by atoms with Crippen LogP contribution < -0.4 is 10.6 Å². The second kappa shape index (κ2) is 8.51. The lowest BCUT2D eigenvalue weighted by molar-refractivity contribution is 0.0951. The van der Waals surface area contributed by atoms with Gasteiger partial charge in [0.25, 0.3) is 11.8 Å². The van der Waals surface area contributed by atoms with Gasteiger partial charge in [-0.05, 0) is 48.0 Å². The van der Waals surface area contributed by atoms with E-state index in [4.69, 9.17) is 0 Å². The van der Waals surface area contributed by atoms with Crippen LogP contribution in [0.3, 0.4) is 0 Å². The van der Waals surface area contributed by atoms with Gasteiger partial charge in [-0.3, -0.25) is 9.59 Å². The number of carbonyl (C=O) groups excluding carboxylic acids is 2. The summed E-state index contributed by atoms with van der Waals surface area (Å²) in [5.41, 5.74) is 2.04. The van der Waals surface area contributed by atoms with E-state index in [1.807, 2.05) is 6.07 Å². The van der Waals surface area contributed by atoms with Crippen molar-refractivity contribution >= 4 is 33.4 Å². The number of benzene rings is 3. The fourth-order valence-electron chi connectivity index (χ4n) is 2.55. The van der Waals surface area contributed by atoms with Gasteiger partial charge in [0.05, 0.1) is 11.3 Å². The molecule has 3 aromatic rings. The van der Waals surface area contributed by atoms with Crippen molar-refractivity contribution < 1.29 is 14.7 Å². The number of hydrogen-bond acceptors (Lipinski definition) is 3. The second-order valence-electron chi connectivity index (χ2n) is 5.86. The zero-order chi connectivity index (χ0) is 19.2. The fraction of sp³-hybridized carbons (Fsp3) is 0.0476. The molecule has 0 atom stereocenters. The van der Waals surface area contributed by atoms with E-state index in [9.17, 15) is 14.7 Å². The number of hydrogen-bond donors (Lipinski definition) is 3. The molecule has 0 aromatic heterocycles. The molecule has 0 bridgehead atoms. The second-order valence-corrected chi connectivity index (χ2v) is 6.78. The molecular formula is C21H17BrN2O3. The molecule has 0 fully saturated rings. The van der Waals surface area contributed by atoms with Crippen molar-refractivity contribution in [3.8, 4) is 5.75 Å². The molecular weight excluding hydrogens is 408 g/mol. The number of halogens is 1. The molecule has 6 heteroatoms. The smallest absolute Gasteiger partial charge is 0.255 e. The summed E-state index contributed by atoms with van der Waals surface area (Å²) in [5, 5.41) is 15.1. The van der Waals surface area contributed by atoms with Crippen LogP contribution in [0.2, 0.25) is 0 Å². The average molecular weight is 425 g/mol. The van der Waals surface area contributed by atoms with Crippen molar-refractivity contribution in [2.24, 2.45) is 0 Å². The summed E-state index contributed by atoms with van der Waals surface area (Å²) in [6.07, 6.45) is 0. The van der Waals surface area contributed by atoms with Crippen LogP contribution in [-0.4, -0.2) is 16.9 Å². The lowest BCUT2D eigenvalue weighted by atomic mass is 10.1.